The van der Waals surface area contributed by atoms with Gasteiger partial charge in [-0.15, -0.1) is 0 Å². The first-order valence-electron chi connectivity index (χ1n) is 7.91. The zero-order chi connectivity index (χ0) is 18.7. The summed E-state index contributed by atoms with van der Waals surface area (Å²) in [6, 6.07) is 7.53. The number of aryl methyl sites for hydroxylation is 1. The third kappa shape index (κ3) is 3.97. The Balaban J connectivity index is 1.64. The van der Waals surface area contributed by atoms with Gasteiger partial charge in [-0.2, -0.15) is 4.98 Å². The van der Waals surface area contributed by atoms with Gasteiger partial charge in [0.2, 0.25) is 11.7 Å². The Morgan fingerprint density at radius 3 is 2.69 bits per heavy atom. The van der Waals surface area contributed by atoms with Crippen molar-refractivity contribution < 1.29 is 22.9 Å². The minimum absolute atomic E-state index is 0.322. The lowest BCUT2D eigenvalue weighted by molar-refractivity contribution is 0.0599. The number of rotatable bonds is 6. The van der Waals surface area contributed by atoms with E-state index in [1.807, 2.05) is 11.9 Å². The van der Waals surface area contributed by atoms with Gasteiger partial charge in [0.25, 0.3) is 0 Å². The van der Waals surface area contributed by atoms with Gasteiger partial charge in [-0.25, -0.2) is 9.18 Å². The first-order chi connectivity index (χ1) is 12.5. The molecule has 0 fully saturated rings. The van der Waals surface area contributed by atoms with E-state index in [1.54, 1.807) is 25.1 Å². The molecule has 7 nitrogen and oxygen atoms in total. The Morgan fingerprint density at radius 2 is 2.00 bits per heavy atom. The SMILES string of the molecule is COC(=O)c1cc(CN(C)Cc2nc(-c3ccc(F)cc3)no2)oc1C. The average Bonchev–Trinajstić information content (AvgIpc) is 3.21. The van der Waals surface area contributed by atoms with Crippen LogP contribution >= 0.6 is 0 Å². The van der Waals surface area contributed by atoms with Crippen LogP contribution in [0.15, 0.2) is 39.3 Å². The first kappa shape index (κ1) is 17.8. The number of carbonyl (C=O) groups is 1. The molecule has 0 bridgehead atoms. The van der Waals surface area contributed by atoms with Crippen LogP contribution in [-0.4, -0.2) is 35.2 Å². The molecule has 26 heavy (non-hydrogen) atoms. The van der Waals surface area contributed by atoms with Crippen LogP contribution in [0, 0.1) is 12.7 Å². The standard InChI is InChI=1S/C18H18FN3O4/c1-11-15(18(23)24-3)8-14(25-11)9-22(2)10-16-20-17(21-26-16)12-4-6-13(19)7-5-12/h4-8H,9-10H2,1-3H3. The van der Waals surface area contributed by atoms with Crippen molar-refractivity contribution in [1.82, 2.24) is 15.0 Å². The van der Waals surface area contributed by atoms with Crippen LogP contribution in [0.3, 0.4) is 0 Å². The molecule has 0 saturated carbocycles. The van der Waals surface area contributed by atoms with Crippen molar-refractivity contribution in [2.75, 3.05) is 14.2 Å². The Labute approximate surface area is 149 Å². The number of hydrogen-bond donors (Lipinski definition) is 0. The fourth-order valence-electron chi connectivity index (χ4n) is 2.52. The molecule has 2 aromatic heterocycles. The molecule has 0 spiro atoms. The molecule has 0 unspecified atom stereocenters. The summed E-state index contributed by atoms with van der Waals surface area (Å²) in [6.45, 7) is 2.55. The molecule has 8 heteroatoms. The maximum atomic E-state index is 13.0. The number of methoxy groups -OCH3 is 1. The van der Waals surface area contributed by atoms with Crippen LogP contribution in [-0.2, 0) is 17.8 Å². The molecular weight excluding hydrogens is 341 g/mol. The topological polar surface area (TPSA) is 81.6 Å². The van der Waals surface area contributed by atoms with Crippen molar-refractivity contribution in [1.29, 1.82) is 0 Å². The normalized spacial score (nSPS) is 11.1. The zero-order valence-corrected chi connectivity index (χ0v) is 14.7. The molecule has 0 aliphatic carbocycles. The van der Waals surface area contributed by atoms with E-state index in [0.717, 1.165) is 0 Å². The molecule has 0 aliphatic heterocycles. The maximum Gasteiger partial charge on any atom is 0.341 e. The molecule has 3 rings (SSSR count). The fourth-order valence-corrected chi connectivity index (χ4v) is 2.52. The molecule has 2 heterocycles. The summed E-state index contributed by atoms with van der Waals surface area (Å²) in [5.41, 5.74) is 1.08. The van der Waals surface area contributed by atoms with Gasteiger partial charge in [0.15, 0.2) is 0 Å². The van der Waals surface area contributed by atoms with Crippen molar-refractivity contribution in [3.8, 4) is 11.4 Å². The molecule has 3 aromatic rings. The number of hydrogen-bond acceptors (Lipinski definition) is 7. The summed E-state index contributed by atoms with van der Waals surface area (Å²) in [5, 5.41) is 3.91. The van der Waals surface area contributed by atoms with Crippen LogP contribution in [0.1, 0.15) is 27.8 Å². The lowest BCUT2D eigenvalue weighted by Crippen LogP contribution is -2.17. The van der Waals surface area contributed by atoms with Crippen molar-refractivity contribution in [2.24, 2.45) is 0 Å². The fraction of sp³-hybridized carbons (Fsp3) is 0.278. The predicted octanol–water partition coefficient (Wildman–Crippen LogP) is 3.20. The second kappa shape index (κ2) is 7.49. The average molecular weight is 359 g/mol. The highest BCUT2D eigenvalue weighted by molar-refractivity contribution is 5.90. The van der Waals surface area contributed by atoms with Gasteiger partial charge in [-0.3, -0.25) is 4.90 Å². The Morgan fingerprint density at radius 1 is 1.27 bits per heavy atom. The largest absolute Gasteiger partial charge is 0.465 e. The zero-order valence-electron chi connectivity index (χ0n) is 14.7. The number of nitrogens with zero attached hydrogens (tertiary/aromatic N) is 3. The highest BCUT2D eigenvalue weighted by Gasteiger charge is 2.17. The third-order valence-electron chi connectivity index (χ3n) is 3.78. The van der Waals surface area contributed by atoms with Crippen LogP contribution in [0.2, 0.25) is 0 Å². The van der Waals surface area contributed by atoms with E-state index in [-0.39, 0.29) is 5.82 Å². The summed E-state index contributed by atoms with van der Waals surface area (Å²) in [5.74, 6) is 1.21. The number of benzene rings is 1. The van der Waals surface area contributed by atoms with E-state index in [0.29, 0.717) is 47.5 Å². The second-order valence-electron chi connectivity index (χ2n) is 5.87. The van der Waals surface area contributed by atoms with Crippen LogP contribution < -0.4 is 0 Å². The first-order valence-corrected chi connectivity index (χ1v) is 7.91. The smallest absolute Gasteiger partial charge is 0.341 e. The monoisotopic (exact) mass is 359 g/mol. The number of halogens is 1. The lowest BCUT2D eigenvalue weighted by atomic mass is 10.2. The molecule has 1 aromatic carbocycles. The van der Waals surface area contributed by atoms with Gasteiger partial charge in [-0.05, 0) is 44.3 Å². The summed E-state index contributed by atoms with van der Waals surface area (Å²) in [4.78, 5) is 17.8. The molecule has 0 atom stereocenters. The summed E-state index contributed by atoms with van der Waals surface area (Å²) >= 11 is 0. The van der Waals surface area contributed by atoms with Gasteiger partial charge < -0.3 is 13.7 Å². The number of carbonyl (C=O) groups excluding carboxylic acids is 1. The Hall–Kier alpha value is -3.00. The van der Waals surface area contributed by atoms with E-state index < -0.39 is 5.97 Å². The minimum atomic E-state index is -0.430. The summed E-state index contributed by atoms with van der Waals surface area (Å²) in [7, 11) is 3.19. The number of furan rings is 1. The molecule has 136 valence electrons. The molecule has 0 aliphatic rings. The van der Waals surface area contributed by atoms with Crippen molar-refractivity contribution in [3.63, 3.8) is 0 Å². The third-order valence-corrected chi connectivity index (χ3v) is 3.78. The van der Waals surface area contributed by atoms with Gasteiger partial charge in [0.1, 0.15) is 22.9 Å². The predicted molar refractivity (Wildman–Crippen MR) is 89.6 cm³/mol. The van der Waals surface area contributed by atoms with Crippen molar-refractivity contribution >= 4 is 5.97 Å². The molecular formula is C18H18FN3O4. The van der Waals surface area contributed by atoms with Gasteiger partial charge >= 0.3 is 5.97 Å². The van der Waals surface area contributed by atoms with Crippen LogP contribution in [0.5, 0.6) is 0 Å². The van der Waals surface area contributed by atoms with Gasteiger partial charge in [0.05, 0.1) is 20.2 Å². The quantitative estimate of drug-likeness (QED) is 0.625. The Bertz CT molecular complexity index is 902. The number of aromatic nitrogens is 2. The summed E-state index contributed by atoms with van der Waals surface area (Å²) in [6.07, 6.45) is 0. The van der Waals surface area contributed by atoms with E-state index in [2.05, 4.69) is 10.1 Å². The van der Waals surface area contributed by atoms with Gasteiger partial charge in [0, 0.05) is 5.56 Å². The van der Waals surface area contributed by atoms with Crippen molar-refractivity contribution in [3.05, 3.63) is 59.1 Å². The maximum absolute atomic E-state index is 13.0. The highest BCUT2D eigenvalue weighted by Crippen LogP contribution is 2.19. The number of esters is 1. The molecule has 0 saturated heterocycles. The lowest BCUT2D eigenvalue weighted by Gasteiger charge is -2.11. The van der Waals surface area contributed by atoms with Crippen LogP contribution in [0.25, 0.3) is 11.4 Å². The van der Waals surface area contributed by atoms with E-state index in [4.69, 9.17) is 13.7 Å². The highest BCUT2D eigenvalue weighted by atomic mass is 19.1. The van der Waals surface area contributed by atoms with E-state index in [9.17, 15) is 9.18 Å². The molecule has 0 N–H and O–H groups in total. The summed E-state index contributed by atoms with van der Waals surface area (Å²) < 4.78 is 28.5. The molecule has 0 radical (unpaired) electrons. The van der Waals surface area contributed by atoms with Crippen LogP contribution in [0.4, 0.5) is 4.39 Å². The van der Waals surface area contributed by atoms with E-state index in [1.165, 1.54) is 19.2 Å². The Kier molecular flexibility index (Phi) is 5.13. The number of ether oxygens (including phenoxy) is 1. The van der Waals surface area contributed by atoms with Gasteiger partial charge in [-0.1, -0.05) is 5.16 Å². The second-order valence-corrected chi connectivity index (χ2v) is 5.87. The molecule has 0 amide bonds. The van der Waals surface area contributed by atoms with E-state index >= 15 is 0 Å². The van der Waals surface area contributed by atoms with Crippen molar-refractivity contribution in [2.45, 2.75) is 20.0 Å². The minimum Gasteiger partial charge on any atom is -0.465 e.